The van der Waals surface area contributed by atoms with Crippen LogP contribution in [0, 0.1) is 0 Å². The summed E-state index contributed by atoms with van der Waals surface area (Å²) >= 11 is 0. The molecule has 0 aromatic heterocycles. The lowest BCUT2D eigenvalue weighted by Gasteiger charge is -2.44. The van der Waals surface area contributed by atoms with Crippen LogP contribution in [-0.4, -0.2) is 39.0 Å². The summed E-state index contributed by atoms with van der Waals surface area (Å²) < 4.78 is 23.8. The van der Waals surface area contributed by atoms with Crippen molar-refractivity contribution in [3.05, 3.63) is 70.8 Å². The van der Waals surface area contributed by atoms with Crippen LogP contribution in [0.1, 0.15) is 47.6 Å². The van der Waals surface area contributed by atoms with Crippen LogP contribution in [-0.2, 0) is 6.42 Å². The van der Waals surface area contributed by atoms with E-state index in [1.54, 1.807) is 7.11 Å². The average Bonchev–Trinajstić information content (AvgIpc) is 3.31. The Kier molecular flexibility index (Phi) is 4.95. The lowest BCUT2D eigenvalue weighted by Crippen LogP contribution is -2.38. The van der Waals surface area contributed by atoms with Crippen molar-refractivity contribution in [2.45, 2.75) is 31.7 Å². The van der Waals surface area contributed by atoms with Crippen LogP contribution in [0.15, 0.2) is 48.5 Å². The fourth-order valence-electron chi connectivity index (χ4n) is 5.64. The third-order valence-corrected chi connectivity index (χ3v) is 7.18. The summed E-state index contributed by atoms with van der Waals surface area (Å²) in [6.45, 7) is 4.00. The largest absolute Gasteiger partial charge is 0.493 e. The fourth-order valence-corrected chi connectivity index (χ4v) is 5.64. The molecule has 2 atom stereocenters. The molecule has 3 aromatic carbocycles. The minimum Gasteiger partial charge on any atom is -0.493 e. The van der Waals surface area contributed by atoms with Gasteiger partial charge in [-0.25, -0.2) is 0 Å². The van der Waals surface area contributed by atoms with E-state index in [2.05, 4.69) is 67.4 Å². The van der Waals surface area contributed by atoms with Crippen molar-refractivity contribution >= 4 is 0 Å². The van der Waals surface area contributed by atoms with E-state index in [0.29, 0.717) is 6.61 Å². The van der Waals surface area contributed by atoms with Crippen LogP contribution >= 0.6 is 0 Å². The Hall–Kier alpha value is -3.18. The fraction of sp³-hybridized carbons (Fsp3) is 0.357. The Morgan fingerprint density at radius 2 is 1.85 bits per heavy atom. The smallest absolute Gasteiger partial charge is 0.231 e. The quantitative estimate of drug-likeness (QED) is 0.517. The Balaban J connectivity index is 1.65. The maximum atomic E-state index is 6.38. The number of methoxy groups -OCH3 is 1. The summed E-state index contributed by atoms with van der Waals surface area (Å²) in [4.78, 5) is 2.49. The van der Waals surface area contributed by atoms with Gasteiger partial charge in [0.05, 0.1) is 13.7 Å². The molecule has 5 nitrogen and oxygen atoms in total. The third kappa shape index (κ3) is 3.17. The number of benzene rings is 3. The van der Waals surface area contributed by atoms with Gasteiger partial charge in [0, 0.05) is 24.1 Å². The Labute approximate surface area is 194 Å². The highest BCUT2D eigenvalue weighted by Gasteiger charge is 2.41. The molecule has 3 aliphatic rings. The summed E-state index contributed by atoms with van der Waals surface area (Å²) in [5, 5.41) is 0. The van der Waals surface area contributed by atoms with Gasteiger partial charge in [-0.15, -0.1) is 0 Å². The van der Waals surface area contributed by atoms with Crippen molar-refractivity contribution in [3.8, 4) is 34.1 Å². The molecule has 2 unspecified atom stereocenters. The van der Waals surface area contributed by atoms with Crippen LogP contribution in [0.25, 0.3) is 11.1 Å². The first-order chi connectivity index (χ1) is 16.2. The van der Waals surface area contributed by atoms with E-state index in [4.69, 9.17) is 18.9 Å². The van der Waals surface area contributed by atoms with Crippen LogP contribution in [0.3, 0.4) is 0 Å². The van der Waals surface area contributed by atoms with E-state index in [1.165, 1.54) is 27.8 Å². The van der Waals surface area contributed by atoms with Gasteiger partial charge in [0.1, 0.15) is 0 Å². The first-order valence-corrected chi connectivity index (χ1v) is 11.7. The van der Waals surface area contributed by atoms with E-state index < -0.39 is 0 Å². The van der Waals surface area contributed by atoms with Gasteiger partial charge in [-0.05, 0) is 65.9 Å². The molecule has 0 radical (unpaired) electrons. The Morgan fingerprint density at radius 3 is 2.61 bits per heavy atom. The van der Waals surface area contributed by atoms with Crippen molar-refractivity contribution in [1.82, 2.24) is 4.90 Å². The Morgan fingerprint density at radius 1 is 1.06 bits per heavy atom. The number of hydrogen-bond donors (Lipinski definition) is 0. The minimum atomic E-state index is 0.269. The molecule has 5 heteroatoms. The van der Waals surface area contributed by atoms with Crippen molar-refractivity contribution in [3.63, 3.8) is 0 Å². The molecule has 2 heterocycles. The average molecular weight is 444 g/mol. The summed E-state index contributed by atoms with van der Waals surface area (Å²) in [5.41, 5.74) is 7.60. The zero-order valence-corrected chi connectivity index (χ0v) is 19.4. The first kappa shape index (κ1) is 20.4. The number of likely N-dealkylation sites (N-methyl/N-ethyl adjacent to an activating group) is 1. The third-order valence-electron chi connectivity index (χ3n) is 7.18. The highest BCUT2D eigenvalue weighted by molar-refractivity contribution is 5.85. The van der Waals surface area contributed by atoms with Crippen LogP contribution in [0.2, 0.25) is 0 Å². The topological polar surface area (TPSA) is 40.2 Å². The second-order valence-electron chi connectivity index (χ2n) is 9.12. The van der Waals surface area contributed by atoms with Crippen LogP contribution in [0.4, 0.5) is 0 Å². The maximum Gasteiger partial charge on any atom is 0.231 e. The molecule has 0 saturated heterocycles. The number of fused-ring (bicyclic) bond motifs is 3. The number of nitrogens with zero attached hydrogens (tertiary/aromatic N) is 1. The molecule has 3 aromatic rings. The molecule has 33 heavy (non-hydrogen) atoms. The molecule has 0 bridgehead atoms. The van der Waals surface area contributed by atoms with Gasteiger partial charge < -0.3 is 18.9 Å². The minimum absolute atomic E-state index is 0.269. The van der Waals surface area contributed by atoms with E-state index >= 15 is 0 Å². The van der Waals surface area contributed by atoms with Crippen LogP contribution in [0.5, 0.6) is 23.0 Å². The highest BCUT2D eigenvalue weighted by atomic mass is 16.7. The first-order valence-electron chi connectivity index (χ1n) is 11.7. The molecule has 0 fully saturated rings. The summed E-state index contributed by atoms with van der Waals surface area (Å²) in [6.07, 6.45) is 1.87. The van der Waals surface area contributed by atoms with Crippen molar-refractivity contribution in [2.75, 3.05) is 34.1 Å². The predicted molar refractivity (Wildman–Crippen MR) is 128 cm³/mol. The van der Waals surface area contributed by atoms with E-state index in [-0.39, 0.29) is 18.8 Å². The summed E-state index contributed by atoms with van der Waals surface area (Å²) in [7, 11) is 3.97. The number of ether oxygens (including phenoxy) is 4. The van der Waals surface area contributed by atoms with Crippen molar-refractivity contribution in [1.29, 1.82) is 0 Å². The van der Waals surface area contributed by atoms with E-state index in [1.807, 2.05) is 0 Å². The molecule has 0 amide bonds. The molecule has 0 saturated carbocycles. The molecule has 0 spiro atoms. The van der Waals surface area contributed by atoms with Gasteiger partial charge in [-0.1, -0.05) is 37.3 Å². The molecule has 1 aliphatic carbocycles. The zero-order valence-electron chi connectivity index (χ0n) is 19.4. The lowest BCUT2D eigenvalue weighted by atomic mass is 9.72. The second-order valence-corrected chi connectivity index (χ2v) is 9.12. The predicted octanol–water partition coefficient (Wildman–Crippen LogP) is 5.55. The highest BCUT2D eigenvalue weighted by Crippen LogP contribution is 2.56. The monoisotopic (exact) mass is 443 g/mol. The summed E-state index contributed by atoms with van der Waals surface area (Å²) in [5.74, 6) is 3.54. The SMILES string of the molecule is CCCOc1c(OC)cc2c3c1-c1cc4c(cc1CC3N(C)CC2c1ccccc1)OCO4. The standard InChI is InChI=1S/C28H29NO4/c1-4-10-31-28-25(30-3)14-20-21(17-8-6-5-7-9-17)15-29(2)22-11-18-12-23-24(33-16-32-23)13-19(18)27(28)26(20)22/h5-9,12-14,21-22H,4,10-11,15-16H2,1-3H3. The molecule has 170 valence electrons. The molecule has 0 N–H and O–H groups in total. The lowest BCUT2D eigenvalue weighted by molar-refractivity contribution is 0.174. The second kappa shape index (κ2) is 7.99. The normalized spacial score (nSPS) is 20.2. The zero-order chi connectivity index (χ0) is 22.5. The van der Waals surface area contributed by atoms with Gasteiger partial charge >= 0.3 is 0 Å². The molecule has 6 rings (SSSR count). The van der Waals surface area contributed by atoms with E-state index in [9.17, 15) is 0 Å². The maximum absolute atomic E-state index is 6.38. The van der Waals surface area contributed by atoms with Gasteiger partial charge in [0.15, 0.2) is 23.0 Å². The molecular formula is C28H29NO4. The van der Waals surface area contributed by atoms with Crippen molar-refractivity contribution < 1.29 is 18.9 Å². The molecular weight excluding hydrogens is 414 g/mol. The van der Waals surface area contributed by atoms with Crippen molar-refractivity contribution in [2.24, 2.45) is 0 Å². The Bertz CT molecular complexity index is 1210. The number of rotatable bonds is 5. The van der Waals surface area contributed by atoms with Gasteiger partial charge in [0.2, 0.25) is 6.79 Å². The number of hydrogen-bond acceptors (Lipinski definition) is 5. The van der Waals surface area contributed by atoms with Gasteiger partial charge in [-0.3, -0.25) is 4.90 Å². The van der Waals surface area contributed by atoms with Gasteiger partial charge in [-0.2, -0.15) is 0 Å². The summed E-state index contributed by atoms with van der Waals surface area (Å²) in [6, 6.07) is 17.6. The molecule has 2 aliphatic heterocycles. The van der Waals surface area contributed by atoms with E-state index in [0.717, 1.165) is 47.9 Å². The van der Waals surface area contributed by atoms with Crippen LogP contribution < -0.4 is 18.9 Å². The van der Waals surface area contributed by atoms with Gasteiger partial charge in [0.25, 0.3) is 0 Å².